The molecule has 0 radical (unpaired) electrons. The number of halogens is 3. The molecule has 39 heavy (non-hydrogen) atoms. The lowest BCUT2D eigenvalue weighted by Crippen LogP contribution is -2.26. The van der Waals surface area contributed by atoms with Gasteiger partial charge in [0.15, 0.2) is 10.2 Å². The summed E-state index contributed by atoms with van der Waals surface area (Å²) in [6.07, 6.45) is -0.222. The molecule has 0 aliphatic heterocycles. The molecule has 5 nitrogen and oxygen atoms in total. The molecule has 1 aromatic carbocycles. The lowest BCUT2D eigenvalue weighted by atomic mass is 9.72. The van der Waals surface area contributed by atoms with Crippen molar-refractivity contribution in [3.8, 4) is 17.3 Å². The molecular weight excluding hydrogens is 541 g/mol. The van der Waals surface area contributed by atoms with E-state index in [9.17, 15) is 18.4 Å². The molecule has 5 rings (SSSR count). The van der Waals surface area contributed by atoms with E-state index in [4.69, 9.17) is 4.42 Å². The zero-order chi connectivity index (χ0) is 27.8. The van der Waals surface area contributed by atoms with Gasteiger partial charge in [-0.1, -0.05) is 51.1 Å². The Kier molecular flexibility index (Phi) is 7.40. The topological polar surface area (TPSA) is 75.1 Å². The number of thiophene rings is 1. The Morgan fingerprint density at radius 2 is 1.90 bits per heavy atom. The van der Waals surface area contributed by atoms with Crippen LogP contribution in [0.2, 0.25) is 0 Å². The second-order valence-electron chi connectivity index (χ2n) is 10.4. The van der Waals surface area contributed by atoms with Gasteiger partial charge < -0.3 is 4.42 Å². The highest BCUT2D eigenvalue weighted by Crippen LogP contribution is 2.45. The molecule has 10 heteroatoms. The van der Waals surface area contributed by atoms with Crippen LogP contribution in [0.3, 0.4) is 0 Å². The minimum atomic E-state index is -4.62. The average Bonchev–Trinajstić information content (AvgIpc) is 3.49. The summed E-state index contributed by atoms with van der Waals surface area (Å²) in [5, 5.41) is 10.7. The van der Waals surface area contributed by atoms with E-state index in [-0.39, 0.29) is 16.3 Å². The number of nitriles is 1. The van der Waals surface area contributed by atoms with E-state index in [1.54, 1.807) is 53.8 Å². The number of furan rings is 1. The first-order valence-electron chi connectivity index (χ1n) is 12.4. The summed E-state index contributed by atoms with van der Waals surface area (Å²) in [4.78, 5) is 13.8. The summed E-state index contributed by atoms with van der Waals surface area (Å²) in [5.41, 5.74) is 1.62. The van der Waals surface area contributed by atoms with E-state index in [2.05, 4.69) is 41.8 Å². The van der Waals surface area contributed by atoms with Crippen LogP contribution in [0.15, 0.2) is 68.2 Å². The van der Waals surface area contributed by atoms with Crippen molar-refractivity contribution < 1.29 is 17.6 Å². The third-order valence-electron chi connectivity index (χ3n) is 6.75. The third kappa shape index (κ3) is 6.10. The van der Waals surface area contributed by atoms with E-state index in [0.717, 1.165) is 42.7 Å². The fourth-order valence-corrected chi connectivity index (χ4v) is 6.52. The van der Waals surface area contributed by atoms with Crippen LogP contribution in [-0.2, 0) is 19.0 Å². The smallest absolute Gasteiger partial charge is 0.433 e. The molecule has 0 spiro atoms. The number of rotatable bonds is 5. The van der Waals surface area contributed by atoms with E-state index in [1.807, 2.05) is 0 Å². The van der Waals surface area contributed by atoms with Crippen LogP contribution in [-0.4, -0.2) is 16.2 Å². The Balaban J connectivity index is 1.37. The molecule has 1 atom stereocenters. The molecular formula is C29H25F3N4OS2. The van der Waals surface area contributed by atoms with Crippen LogP contribution < -0.4 is 0 Å². The first kappa shape index (κ1) is 27.2. The molecule has 0 fully saturated rings. The Morgan fingerprint density at radius 3 is 2.59 bits per heavy atom. The van der Waals surface area contributed by atoms with Gasteiger partial charge in [0.25, 0.3) is 0 Å². The van der Waals surface area contributed by atoms with Gasteiger partial charge in [0.2, 0.25) is 0 Å². The van der Waals surface area contributed by atoms with Crippen LogP contribution >= 0.6 is 23.1 Å². The summed E-state index contributed by atoms with van der Waals surface area (Å²) in [5.74, 6) is 0.966. The summed E-state index contributed by atoms with van der Waals surface area (Å²) in [7, 11) is 0. The monoisotopic (exact) mass is 566 g/mol. The molecule has 3 heterocycles. The van der Waals surface area contributed by atoms with Crippen LogP contribution in [0.25, 0.3) is 11.3 Å². The minimum Gasteiger partial charge on any atom is -0.448 e. The van der Waals surface area contributed by atoms with Gasteiger partial charge in [0, 0.05) is 10.4 Å². The van der Waals surface area contributed by atoms with Crippen LogP contribution in [0, 0.1) is 22.7 Å². The van der Waals surface area contributed by atoms with Gasteiger partial charge >= 0.3 is 6.18 Å². The van der Waals surface area contributed by atoms with Crippen molar-refractivity contribution in [3.05, 3.63) is 76.0 Å². The SMILES string of the molecule is CC(C)(C)[C@@H]1CCc2c(sc(N=Cc3ccc(Sc4nc(-c5ccccc5)cc(C(F)(F)F)n4)o3)c2C#N)C1. The van der Waals surface area contributed by atoms with Gasteiger partial charge in [-0.25, -0.2) is 15.0 Å². The second-order valence-corrected chi connectivity index (χ2v) is 12.5. The van der Waals surface area contributed by atoms with Crippen molar-refractivity contribution in [1.82, 2.24) is 9.97 Å². The maximum Gasteiger partial charge on any atom is 0.433 e. The fraction of sp³-hybridized carbons (Fsp3) is 0.310. The second kappa shape index (κ2) is 10.6. The normalized spacial score (nSPS) is 15.9. The maximum absolute atomic E-state index is 13.5. The van der Waals surface area contributed by atoms with E-state index < -0.39 is 11.9 Å². The van der Waals surface area contributed by atoms with E-state index in [1.165, 1.54) is 11.1 Å². The Bertz CT molecular complexity index is 1560. The van der Waals surface area contributed by atoms with E-state index >= 15 is 0 Å². The highest BCUT2D eigenvalue weighted by atomic mass is 32.2. The van der Waals surface area contributed by atoms with Gasteiger partial charge in [-0.3, -0.25) is 0 Å². The highest BCUT2D eigenvalue weighted by molar-refractivity contribution is 7.99. The van der Waals surface area contributed by atoms with Crippen LogP contribution in [0.1, 0.15) is 54.7 Å². The highest BCUT2D eigenvalue weighted by Gasteiger charge is 2.34. The predicted molar refractivity (Wildman–Crippen MR) is 147 cm³/mol. The number of aromatic nitrogens is 2. The van der Waals surface area contributed by atoms with Crippen LogP contribution in [0.5, 0.6) is 0 Å². The van der Waals surface area contributed by atoms with Crippen molar-refractivity contribution in [2.75, 3.05) is 0 Å². The Labute approximate surface area is 232 Å². The first-order chi connectivity index (χ1) is 18.5. The van der Waals surface area contributed by atoms with Crippen molar-refractivity contribution in [2.45, 2.75) is 56.5 Å². The number of alkyl halides is 3. The fourth-order valence-electron chi connectivity index (χ4n) is 4.56. The average molecular weight is 567 g/mol. The summed E-state index contributed by atoms with van der Waals surface area (Å²) < 4.78 is 46.4. The summed E-state index contributed by atoms with van der Waals surface area (Å²) >= 11 is 2.45. The largest absolute Gasteiger partial charge is 0.448 e. The van der Waals surface area contributed by atoms with E-state index in [0.29, 0.717) is 32.9 Å². The minimum absolute atomic E-state index is 0.0763. The standard InChI is InChI=1S/C29H25F3N4OS2/c1-28(2,3)18-9-11-20-21(15-33)26(38-23(20)13-18)34-16-19-10-12-25(37-19)39-27-35-22(17-7-5-4-6-8-17)14-24(36-27)29(30,31)32/h4-8,10,12,14,16,18H,9,11,13H2,1-3H3/t18-/m1/s1. The number of nitrogens with zero attached hydrogens (tertiary/aromatic N) is 4. The number of hydrogen-bond acceptors (Lipinski definition) is 7. The van der Waals surface area contributed by atoms with Gasteiger partial charge in [0.05, 0.1) is 17.5 Å². The molecule has 0 saturated carbocycles. The molecule has 0 N–H and O–H groups in total. The van der Waals surface area contributed by atoms with Gasteiger partial charge in [-0.15, -0.1) is 11.3 Å². The van der Waals surface area contributed by atoms with Crippen LogP contribution in [0.4, 0.5) is 18.2 Å². The molecule has 1 aliphatic carbocycles. The number of benzene rings is 1. The molecule has 0 amide bonds. The number of hydrogen-bond donors (Lipinski definition) is 0. The Morgan fingerprint density at radius 1 is 1.13 bits per heavy atom. The van der Waals surface area contributed by atoms with Gasteiger partial charge in [-0.2, -0.15) is 18.4 Å². The number of fused-ring (bicyclic) bond motifs is 1. The molecule has 1 aliphatic rings. The van der Waals surface area contributed by atoms with Crippen molar-refractivity contribution >= 4 is 34.3 Å². The van der Waals surface area contributed by atoms with Gasteiger partial charge in [-0.05, 0) is 66.1 Å². The molecule has 0 saturated heterocycles. The zero-order valence-electron chi connectivity index (χ0n) is 21.5. The van der Waals surface area contributed by atoms with Crippen molar-refractivity contribution in [1.29, 1.82) is 5.26 Å². The summed E-state index contributed by atoms with van der Waals surface area (Å²) in [6.45, 7) is 6.75. The number of aliphatic imine (C=N–C) groups is 1. The lowest BCUT2D eigenvalue weighted by molar-refractivity contribution is -0.141. The van der Waals surface area contributed by atoms with Crippen molar-refractivity contribution in [3.63, 3.8) is 0 Å². The molecule has 3 aromatic heterocycles. The zero-order valence-corrected chi connectivity index (χ0v) is 23.2. The molecule has 0 unspecified atom stereocenters. The summed E-state index contributed by atoms with van der Waals surface area (Å²) in [6, 6.07) is 15.2. The first-order valence-corrected chi connectivity index (χ1v) is 14.0. The molecule has 0 bridgehead atoms. The van der Waals surface area contributed by atoms with Crippen molar-refractivity contribution in [2.24, 2.45) is 16.3 Å². The lowest BCUT2D eigenvalue weighted by Gasteiger charge is -2.33. The molecule has 4 aromatic rings. The van der Waals surface area contributed by atoms with Gasteiger partial charge in [0.1, 0.15) is 22.5 Å². The predicted octanol–water partition coefficient (Wildman–Crippen LogP) is 8.74. The maximum atomic E-state index is 13.5. The third-order valence-corrected chi connectivity index (χ3v) is 8.70. The molecule has 200 valence electrons. The quantitative estimate of drug-likeness (QED) is 0.178. The Hall–Kier alpha value is -3.42.